The second kappa shape index (κ2) is 12.1. The van der Waals surface area contributed by atoms with Gasteiger partial charge in [0.25, 0.3) is 0 Å². The third-order valence-corrected chi connectivity index (χ3v) is 12.1. The van der Waals surface area contributed by atoms with Crippen LogP contribution in [0.5, 0.6) is 0 Å². The molecule has 0 radical (unpaired) electrons. The van der Waals surface area contributed by atoms with Crippen LogP contribution in [0.3, 0.4) is 0 Å². The van der Waals surface area contributed by atoms with Crippen LogP contribution in [0.4, 0.5) is 4.79 Å². The summed E-state index contributed by atoms with van der Waals surface area (Å²) in [6, 6.07) is 19.3. The summed E-state index contributed by atoms with van der Waals surface area (Å²) in [6.07, 6.45) is 3.18. The third-order valence-electron chi connectivity index (χ3n) is 8.42. The highest BCUT2D eigenvalue weighted by molar-refractivity contribution is 7.94. The number of amides is 1. The molecule has 0 bridgehead atoms. The Bertz CT molecular complexity index is 2120. The molecule has 2 N–H and O–H groups in total. The lowest BCUT2D eigenvalue weighted by atomic mass is 9.87. The minimum absolute atomic E-state index is 0.158. The molecule has 3 aromatic heterocycles. The van der Waals surface area contributed by atoms with E-state index < -0.39 is 42.3 Å². The number of carbonyl (C=O) groups excluding carboxylic acids is 1. The van der Waals surface area contributed by atoms with Crippen LogP contribution in [0.25, 0.3) is 22.1 Å². The Balaban J connectivity index is 1.62. The molecular weight excluding hydrogens is 641 g/mol. The topological polar surface area (TPSA) is 158 Å². The second-order valence-electron chi connectivity index (χ2n) is 12.9. The van der Waals surface area contributed by atoms with Crippen LogP contribution in [-0.2, 0) is 36.0 Å². The molecule has 2 aromatic carbocycles. The molecule has 1 aliphatic heterocycles. The lowest BCUT2D eigenvalue weighted by Gasteiger charge is -2.47. The van der Waals surface area contributed by atoms with Crippen molar-refractivity contribution in [3.8, 4) is 0 Å². The predicted octanol–water partition coefficient (Wildman–Crippen LogP) is 5.17. The van der Waals surface area contributed by atoms with Gasteiger partial charge in [-0.15, -0.1) is 0 Å². The normalized spacial score (nSPS) is 16.7. The molecule has 248 valence electrons. The Labute approximate surface area is 274 Å². The van der Waals surface area contributed by atoms with Crippen molar-refractivity contribution in [3.63, 3.8) is 0 Å². The van der Waals surface area contributed by atoms with Crippen molar-refractivity contribution in [2.24, 2.45) is 5.92 Å². The summed E-state index contributed by atoms with van der Waals surface area (Å²) in [4.78, 5) is 29.1. The fourth-order valence-electron chi connectivity index (χ4n) is 6.48. The first kappa shape index (κ1) is 32.7. The number of hydrogen-bond donors (Lipinski definition) is 2. The molecule has 1 atom stereocenters. The van der Waals surface area contributed by atoms with Crippen molar-refractivity contribution >= 4 is 48.0 Å². The fraction of sp³-hybridized carbons (Fsp3) is 0.364. The summed E-state index contributed by atoms with van der Waals surface area (Å²) >= 11 is 0. The Morgan fingerprint density at radius 1 is 0.979 bits per heavy atom. The molecule has 0 saturated carbocycles. The Morgan fingerprint density at radius 2 is 1.62 bits per heavy atom. The number of imidazole rings is 1. The van der Waals surface area contributed by atoms with Gasteiger partial charge in [0.15, 0.2) is 5.82 Å². The smallest absolute Gasteiger partial charge is 0.425 e. The number of rotatable bonds is 8. The molecule has 6 rings (SSSR count). The van der Waals surface area contributed by atoms with Gasteiger partial charge < -0.3 is 14.7 Å². The second-order valence-corrected chi connectivity index (χ2v) is 16.8. The molecule has 5 aromatic rings. The number of likely N-dealkylation sites (tertiary alicyclic amines) is 1. The lowest BCUT2D eigenvalue weighted by molar-refractivity contribution is 0.0168. The van der Waals surface area contributed by atoms with Crippen LogP contribution in [0.15, 0.2) is 84.0 Å². The standard InChI is InChI=1S/C33H38N6O6S2/c1-32(2,3)45-31(40)39(46(4,41)42)33(47(43,44)25-13-9-6-10-14-25,24-16-19-38(20-17-24)22-23-11-7-5-8-12-23)30-36-27-21-35-29-26(15-18-34-29)28(27)37-30/h5-15,18,21,24H,16-17,19-20,22H2,1-4H3,(H,34,35)(H,36,37). The number of sulfone groups is 1. The first-order valence-electron chi connectivity index (χ1n) is 15.3. The van der Waals surface area contributed by atoms with E-state index in [0.29, 0.717) is 46.0 Å². The van der Waals surface area contributed by atoms with Gasteiger partial charge >= 0.3 is 6.09 Å². The Morgan fingerprint density at radius 3 is 2.23 bits per heavy atom. The molecule has 1 unspecified atom stereocenters. The highest BCUT2D eigenvalue weighted by atomic mass is 32.2. The van der Waals surface area contributed by atoms with Gasteiger partial charge in [-0.1, -0.05) is 48.5 Å². The number of fused-ring (bicyclic) bond motifs is 3. The zero-order chi connectivity index (χ0) is 33.6. The lowest BCUT2D eigenvalue weighted by Crippen LogP contribution is -2.63. The van der Waals surface area contributed by atoms with Crippen molar-refractivity contribution in [1.82, 2.24) is 29.1 Å². The van der Waals surface area contributed by atoms with Gasteiger partial charge in [0, 0.05) is 24.0 Å². The van der Waals surface area contributed by atoms with E-state index >= 15 is 8.42 Å². The van der Waals surface area contributed by atoms with Gasteiger partial charge in [-0.2, -0.15) is 4.31 Å². The average Bonchev–Trinajstić information content (AvgIpc) is 3.67. The van der Waals surface area contributed by atoms with Crippen molar-refractivity contribution in [1.29, 1.82) is 0 Å². The predicted molar refractivity (Wildman–Crippen MR) is 178 cm³/mol. The first-order valence-corrected chi connectivity index (χ1v) is 18.7. The molecule has 4 heterocycles. The zero-order valence-corrected chi connectivity index (χ0v) is 28.3. The van der Waals surface area contributed by atoms with Crippen LogP contribution >= 0.6 is 0 Å². The van der Waals surface area contributed by atoms with E-state index in [2.05, 4.69) is 19.9 Å². The molecule has 1 aliphatic rings. The van der Waals surface area contributed by atoms with Gasteiger partial charge in [0.05, 0.1) is 22.9 Å². The zero-order valence-electron chi connectivity index (χ0n) is 26.7. The van der Waals surface area contributed by atoms with Gasteiger partial charge in [-0.25, -0.2) is 31.6 Å². The van der Waals surface area contributed by atoms with E-state index in [1.807, 2.05) is 30.3 Å². The van der Waals surface area contributed by atoms with E-state index in [0.717, 1.165) is 11.8 Å². The van der Waals surface area contributed by atoms with Gasteiger partial charge in [0.1, 0.15) is 16.8 Å². The molecule has 0 spiro atoms. The average molecular weight is 679 g/mol. The van der Waals surface area contributed by atoms with Gasteiger partial charge in [-0.3, -0.25) is 4.90 Å². The number of aromatic amines is 2. The quantitative estimate of drug-likeness (QED) is 0.226. The molecule has 12 nitrogen and oxygen atoms in total. The molecule has 1 amide bonds. The molecule has 1 fully saturated rings. The van der Waals surface area contributed by atoms with Crippen LogP contribution in [0.1, 0.15) is 45.0 Å². The monoisotopic (exact) mass is 678 g/mol. The van der Waals surface area contributed by atoms with E-state index in [4.69, 9.17) is 9.72 Å². The summed E-state index contributed by atoms with van der Waals surface area (Å²) in [6.45, 7) is 6.31. The molecule has 1 saturated heterocycles. The SMILES string of the molecule is CC(C)(C)OC(=O)N(C(c1nc2c(cnc3[nH]ccc32)[nH]1)(C1CCN(Cc2ccccc2)CC1)S(=O)(=O)c1ccccc1)S(C)(=O)=O. The minimum Gasteiger partial charge on any atom is -0.443 e. The first-order chi connectivity index (χ1) is 22.2. The highest BCUT2D eigenvalue weighted by Crippen LogP contribution is 2.50. The van der Waals surface area contributed by atoms with Crippen molar-refractivity contribution in [2.45, 2.75) is 55.5 Å². The number of benzene rings is 2. The Hall–Kier alpha value is -4.27. The van der Waals surface area contributed by atoms with Crippen LogP contribution in [0.2, 0.25) is 0 Å². The fourth-order valence-corrected chi connectivity index (χ4v) is 10.4. The number of nitrogens with one attached hydrogen (secondary N) is 2. The largest absolute Gasteiger partial charge is 0.443 e. The summed E-state index contributed by atoms with van der Waals surface area (Å²) in [5, 5.41) is 0.608. The van der Waals surface area contributed by atoms with Gasteiger partial charge in [0.2, 0.25) is 24.7 Å². The molecule has 47 heavy (non-hydrogen) atoms. The summed E-state index contributed by atoms with van der Waals surface area (Å²) < 4.78 is 64.8. The summed E-state index contributed by atoms with van der Waals surface area (Å²) in [5.41, 5.74) is 1.25. The number of H-pyrrole nitrogens is 2. The molecular formula is C33H38N6O6S2. The van der Waals surface area contributed by atoms with Crippen LogP contribution in [-0.4, -0.2) is 77.0 Å². The van der Waals surface area contributed by atoms with Crippen molar-refractivity contribution in [2.75, 3.05) is 19.3 Å². The van der Waals surface area contributed by atoms with Crippen molar-refractivity contribution < 1.29 is 26.4 Å². The maximum Gasteiger partial charge on any atom is 0.425 e. The van der Waals surface area contributed by atoms with Crippen LogP contribution in [0, 0.1) is 5.92 Å². The number of nitrogens with zero attached hydrogens (tertiary/aromatic N) is 4. The van der Waals surface area contributed by atoms with Crippen LogP contribution < -0.4 is 0 Å². The summed E-state index contributed by atoms with van der Waals surface area (Å²) in [5.74, 6) is -1.12. The van der Waals surface area contributed by atoms with E-state index in [1.165, 1.54) is 18.3 Å². The van der Waals surface area contributed by atoms with Crippen molar-refractivity contribution in [3.05, 3.63) is 90.5 Å². The molecule has 14 heteroatoms. The van der Waals surface area contributed by atoms with E-state index in [-0.39, 0.29) is 23.6 Å². The Kier molecular flexibility index (Phi) is 8.39. The number of hydrogen-bond acceptors (Lipinski definition) is 9. The number of piperidine rings is 1. The van der Waals surface area contributed by atoms with E-state index in [1.54, 1.807) is 51.2 Å². The number of ether oxygens (including phenoxy) is 1. The molecule has 0 aliphatic carbocycles. The van der Waals surface area contributed by atoms with Gasteiger partial charge in [-0.05, 0) is 70.5 Å². The number of pyridine rings is 1. The number of carbonyl (C=O) groups is 1. The van der Waals surface area contributed by atoms with E-state index in [9.17, 15) is 13.2 Å². The minimum atomic E-state index is -4.76. The number of aromatic nitrogens is 4. The third kappa shape index (κ3) is 6.01. The number of sulfonamides is 1. The maximum absolute atomic E-state index is 15.4. The summed E-state index contributed by atoms with van der Waals surface area (Å²) in [7, 11) is -9.39. The maximum atomic E-state index is 15.4. The highest BCUT2D eigenvalue weighted by Gasteiger charge is 2.64.